The topological polar surface area (TPSA) is 62.6 Å². The lowest BCUT2D eigenvalue weighted by molar-refractivity contribution is 0.202. The molecule has 6 heteroatoms. The summed E-state index contributed by atoms with van der Waals surface area (Å²) >= 11 is 0. The molecule has 4 aromatic carbocycles. The summed E-state index contributed by atoms with van der Waals surface area (Å²) in [6, 6.07) is 34.4. The van der Waals surface area contributed by atoms with Gasteiger partial charge in [0.05, 0.1) is 5.69 Å². The summed E-state index contributed by atoms with van der Waals surface area (Å²) in [4.78, 5) is 17.0. The lowest BCUT2D eigenvalue weighted by Gasteiger charge is -2.12. The van der Waals surface area contributed by atoms with E-state index in [-0.39, 0.29) is 0 Å². The van der Waals surface area contributed by atoms with Crippen LogP contribution in [0.5, 0.6) is 17.2 Å². The van der Waals surface area contributed by atoms with Gasteiger partial charge in [0.1, 0.15) is 36.8 Å². The van der Waals surface area contributed by atoms with Crippen LogP contribution in [-0.4, -0.2) is 15.6 Å². The van der Waals surface area contributed by atoms with Crippen LogP contribution in [0.2, 0.25) is 0 Å². The SMILES string of the molecule is O=C(Oc1ccccc1)n1cnc(-c2cc(OCc3ccccc3)cc(OCc3ccccc3)c2)c1. The number of imidazole rings is 1. The average molecular weight is 477 g/mol. The normalized spacial score (nSPS) is 10.6. The zero-order chi connectivity index (χ0) is 24.6. The van der Waals surface area contributed by atoms with Gasteiger partial charge in [-0.15, -0.1) is 0 Å². The Morgan fingerprint density at radius 3 is 1.75 bits per heavy atom. The van der Waals surface area contributed by atoms with Crippen molar-refractivity contribution in [2.24, 2.45) is 0 Å². The monoisotopic (exact) mass is 476 g/mol. The molecule has 0 aliphatic heterocycles. The fraction of sp³-hybridized carbons (Fsp3) is 0.0667. The minimum absolute atomic E-state index is 0.417. The zero-order valence-electron chi connectivity index (χ0n) is 19.5. The van der Waals surface area contributed by atoms with E-state index >= 15 is 0 Å². The first-order valence-corrected chi connectivity index (χ1v) is 11.5. The van der Waals surface area contributed by atoms with Crippen LogP contribution in [0.4, 0.5) is 4.79 Å². The zero-order valence-corrected chi connectivity index (χ0v) is 19.5. The predicted molar refractivity (Wildman–Crippen MR) is 137 cm³/mol. The Kier molecular flexibility index (Phi) is 7.04. The molecule has 0 N–H and O–H groups in total. The number of rotatable bonds is 8. The van der Waals surface area contributed by atoms with Gasteiger partial charge in [0, 0.05) is 17.8 Å². The number of carbonyl (C=O) groups excluding carboxylic acids is 1. The lowest BCUT2D eigenvalue weighted by Crippen LogP contribution is -2.14. The summed E-state index contributed by atoms with van der Waals surface area (Å²) in [6.07, 6.45) is 2.52. The maximum atomic E-state index is 12.6. The van der Waals surface area contributed by atoms with E-state index in [1.165, 1.54) is 10.9 Å². The van der Waals surface area contributed by atoms with Gasteiger partial charge in [-0.2, -0.15) is 0 Å². The summed E-state index contributed by atoms with van der Waals surface area (Å²) in [5.41, 5.74) is 3.47. The third kappa shape index (κ3) is 5.98. The van der Waals surface area contributed by atoms with Crippen LogP contribution in [-0.2, 0) is 13.2 Å². The molecule has 0 unspecified atom stereocenters. The molecule has 0 aliphatic carbocycles. The van der Waals surface area contributed by atoms with Crippen LogP contribution in [0.15, 0.2) is 122 Å². The first kappa shape index (κ1) is 22.9. The summed E-state index contributed by atoms with van der Waals surface area (Å²) in [5.74, 6) is 1.74. The number of nitrogens with zero attached hydrogens (tertiary/aromatic N) is 2. The molecular formula is C30H24N2O4. The number of aromatic nitrogens is 2. The van der Waals surface area contributed by atoms with E-state index in [2.05, 4.69) is 4.98 Å². The van der Waals surface area contributed by atoms with Gasteiger partial charge >= 0.3 is 6.09 Å². The quantitative estimate of drug-likeness (QED) is 0.248. The Balaban J connectivity index is 1.37. The van der Waals surface area contributed by atoms with E-state index in [0.717, 1.165) is 16.7 Å². The molecule has 1 aromatic heterocycles. The number of carbonyl (C=O) groups is 1. The van der Waals surface area contributed by atoms with Gasteiger partial charge in [0.15, 0.2) is 0 Å². The van der Waals surface area contributed by atoms with E-state index in [1.807, 2.05) is 84.9 Å². The van der Waals surface area contributed by atoms with E-state index in [1.54, 1.807) is 30.5 Å². The molecule has 6 nitrogen and oxygen atoms in total. The van der Waals surface area contributed by atoms with Crippen molar-refractivity contribution in [3.63, 3.8) is 0 Å². The van der Waals surface area contributed by atoms with E-state index in [4.69, 9.17) is 14.2 Å². The molecular weight excluding hydrogens is 452 g/mol. The van der Waals surface area contributed by atoms with Crippen LogP contribution in [0.1, 0.15) is 11.1 Å². The lowest BCUT2D eigenvalue weighted by atomic mass is 10.1. The Morgan fingerprint density at radius 1 is 0.667 bits per heavy atom. The van der Waals surface area contributed by atoms with Crippen molar-refractivity contribution in [2.75, 3.05) is 0 Å². The van der Waals surface area contributed by atoms with Gasteiger partial charge in [-0.05, 0) is 35.4 Å². The highest BCUT2D eigenvalue weighted by Gasteiger charge is 2.13. The second-order valence-corrected chi connectivity index (χ2v) is 8.09. The van der Waals surface area contributed by atoms with Crippen LogP contribution in [0.3, 0.4) is 0 Å². The maximum absolute atomic E-state index is 12.6. The molecule has 0 spiro atoms. The molecule has 0 saturated heterocycles. The number of hydrogen-bond donors (Lipinski definition) is 0. The summed E-state index contributed by atoms with van der Waals surface area (Å²) in [5, 5.41) is 0. The largest absolute Gasteiger partial charge is 0.489 e. The predicted octanol–water partition coefficient (Wildman–Crippen LogP) is 6.76. The number of hydrogen-bond acceptors (Lipinski definition) is 5. The Hall–Kier alpha value is -4.84. The molecule has 0 amide bonds. The summed E-state index contributed by atoms with van der Waals surface area (Å²) < 4.78 is 18.9. The molecule has 0 aliphatic rings. The Morgan fingerprint density at radius 2 is 1.19 bits per heavy atom. The van der Waals surface area contributed by atoms with E-state index in [0.29, 0.717) is 36.2 Å². The highest BCUT2D eigenvalue weighted by molar-refractivity contribution is 5.75. The standard InChI is InChI=1S/C30H24N2O4/c33-30(36-26-14-8-3-9-15-26)32-19-29(31-22-32)25-16-27(34-20-23-10-4-1-5-11-23)18-28(17-25)35-21-24-12-6-2-7-13-24/h1-19,22H,20-21H2. The summed E-state index contributed by atoms with van der Waals surface area (Å²) in [6.45, 7) is 0.834. The Labute approximate surface area is 209 Å². The van der Waals surface area contributed by atoms with E-state index in [9.17, 15) is 4.79 Å². The van der Waals surface area contributed by atoms with Crippen molar-refractivity contribution >= 4 is 6.09 Å². The molecule has 1 heterocycles. The maximum Gasteiger partial charge on any atom is 0.424 e. The van der Waals surface area contributed by atoms with Crippen LogP contribution >= 0.6 is 0 Å². The van der Waals surface area contributed by atoms with Gasteiger partial charge in [0.2, 0.25) is 0 Å². The smallest absolute Gasteiger partial charge is 0.424 e. The highest BCUT2D eigenvalue weighted by atomic mass is 16.6. The van der Waals surface area contributed by atoms with Crippen molar-refractivity contribution in [1.82, 2.24) is 9.55 Å². The van der Waals surface area contributed by atoms with E-state index < -0.39 is 6.09 Å². The number of benzene rings is 4. The fourth-order valence-corrected chi connectivity index (χ4v) is 3.58. The van der Waals surface area contributed by atoms with Crippen molar-refractivity contribution in [1.29, 1.82) is 0 Å². The third-order valence-electron chi connectivity index (χ3n) is 5.41. The average Bonchev–Trinajstić information content (AvgIpc) is 3.43. The number of ether oxygens (including phenoxy) is 3. The van der Waals surface area contributed by atoms with Crippen molar-refractivity contribution in [3.05, 3.63) is 133 Å². The van der Waals surface area contributed by atoms with Gasteiger partial charge < -0.3 is 14.2 Å². The minimum Gasteiger partial charge on any atom is -0.489 e. The van der Waals surface area contributed by atoms with Crippen molar-refractivity contribution in [2.45, 2.75) is 13.2 Å². The molecule has 0 saturated carbocycles. The molecule has 5 aromatic rings. The second kappa shape index (κ2) is 11.1. The summed E-state index contributed by atoms with van der Waals surface area (Å²) in [7, 11) is 0. The highest BCUT2D eigenvalue weighted by Crippen LogP contribution is 2.30. The number of para-hydroxylation sites is 1. The van der Waals surface area contributed by atoms with Gasteiger partial charge in [-0.1, -0.05) is 78.9 Å². The van der Waals surface area contributed by atoms with Gasteiger partial charge in [-0.3, -0.25) is 0 Å². The molecule has 0 radical (unpaired) electrons. The first-order valence-electron chi connectivity index (χ1n) is 11.5. The fourth-order valence-electron chi connectivity index (χ4n) is 3.58. The molecule has 0 bridgehead atoms. The minimum atomic E-state index is -0.544. The molecule has 0 fully saturated rings. The van der Waals surface area contributed by atoms with Crippen molar-refractivity contribution in [3.8, 4) is 28.5 Å². The van der Waals surface area contributed by atoms with Crippen LogP contribution in [0.25, 0.3) is 11.3 Å². The van der Waals surface area contributed by atoms with Gasteiger partial charge in [0.25, 0.3) is 0 Å². The molecule has 36 heavy (non-hydrogen) atoms. The molecule has 5 rings (SSSR count). The molecule has 0 atom stereocenters. The van der Waals surface area contributed by atoms with Gasteiger partial charge in [-0.25, -0.2) is 14.3 Å². The third-order valence-corrected chi connectivity index (χ3v) is 5.41. The second-order valence-electron chi connectivity index (χ2n) is 8.09. The molecule has 178 valence electrons. The van der Waals surface area contributed by atoms with Crippen LogP contribution < -0.4 is 14.2 Å². The van der Waals surface area contributed by atoms with Crippen molar-refractivity contribution < 1.29 is 19.0 Å². The van der Waals surface area contributed by atoms with Crippen LogP contribution in [0, 0.1) is 0 Å². The first-order chi connectivity index (χ1) is 17.7. The Bertz CT molecular complexity index is 1360.